The minimum atomic E-state index is -0.560. The van der Waals surface area contributed by atoms with E-state index < -0.39 is 11.9 Å². The van der Waals surface area contributed by atoms with Gasteiger partial charge in [-0.15, -0.1) is 0 Å². The van der Waals surface area contributed by atoms with Crippen molar-refractivity contribution < 1.29 is 19.1 Å². The van der Waals surface area contributed by atoms with Crippen LogP contribution in [0.2, 0.25) is 5.15 Å². The fraction of sp³-hybridized carbons (Fsp3) is 0.105. The standard InChI is InChI=1S/C19H15ClN2O4/c1-25-15-7-6-13-8-14(17(20)22-16(13)9-15)10-26-19(24)12-4-2-11(3-5-12)18(21)23/h2-9H,10H2,1H3,(H2,21,23). The van der Waals surface area contributed by atoms with E-state index in [-0.39, 0.29) is 11.8 Å². The van der Waals surface area contributed by atoms with Crippen LogP contribution < -0.4 is 10.5 Å². The van der Waals surface area contributed by atoms with Crippen LogP contribution in [0, 0.1) is 0 Å². The van der Waals surface area contributed by atoms with Crippen molar-refractivity contribution in [2.24, 2.45) is 5.73 Å². The van der Waals surface area contributed by atoms with Gasteiger partial charge in [-0.1, -0.05) is 11.6 Å². The van der Waals surface area contributed by atoms with Gasteiger partial charge in [-0.3, -0.25) is 4.79 Å². The second kappa shape index (κ2) is 7.41. The number of carbonyl (C=O) groups is 2. The third kappa shape index (κ3) is 3.75. The number of methoxy groups -OCH3 is 1. The molecule has 26 heavy (non-hydrogen) atoms. The number of esters is 1. The summed E-state index contributed by atoms with van der Waals surface area (Å²) in [5.41, 5.74) is 7.07. The summed E-state index contributed by atoms with van der Waals surface area (Å²) in [5.74, 6) is -0.415. The summed E-state index contributed by atoms with van der Waals surface area (Å²) in [5, 5.41) is 1.11. The van der Waals surface area contributed by atoms with Crippen LogP contribution >= 0.6 is 11.6 Å². The maximum absolute atomic E-state index is 12.1. The fourth-order valence-electron chi connectivity index (χ4n) is 2.39. The molecule has 0 aliphatic heterocycles. The average molecular weight is 371 g/mol. The van der Waals surface area contributed by atoms with Crippen molar-refractivity contribution >= 4 is 34.4 Å². The average Bonchev–Trinajstić information content (AvgIpc) is 2.65. The van der Waals surface area contributed by atoms with Crippen LogP contribution in [0.1, 0.15) is 26.3 Å². The number of aromatic nitrogens is 1. The van der Waals surface area contributed by atoms with Crippen molar-refractivity contribution in [1.29, 1.82) is 0 Å². The summed E-state index contributed by atoms with van der Waals surface area (Å²) >= 11 is 6.19. The minimum absolute atomic E-state index is 0.0236. The lowest BCUT2D eigenvalue weighted by molar-refractivity contribution is 0.0472. The quantitative estimate of drug-likeness (QED) is 0.549. The van der Waals surface area contributed by atoms with Gasteiger partial charge in [0.15, 0.2) is 0 Å². The van der Waals surface area contributed by atoms with Crippen molar-refractivity contribution in [1.82, 2.24) is 4.98 Å². The molecule has 0 fully saturated rings. The lowest BCUT2D eigenvalue weighted by Gasteiger charge is -2.09. The van der Waals surface area contributed by atoms with E-state index in [2.05, 4.69) is 4.98 Å². The van der Waals surface area contributed by atoms with E-state index in [4.69, 9.17) is 26.8 Å². The molecule has 0 bridgehead atoms. The number of hydrogen-bond acceptors (Lipinski definition) is 5. The Kier molecular flexibility index (Phi) is 5.04. The number of hydrogen-bond donors (Lipinski definition) is 1. The van der Waals surface area contributed by atoms with E-state index in [9.17, 15) is 9.59 Å². The number of pyridine rings is 1. The largest absolute Gasteiger partial charge is 0.497 e. The molecule has 0 aliphatic rings. The van der Waals surface area contributed by atoms with Gasteiger partial charge >= 0.3 is 5.97 Å². The molecule has 0 saturated carbocycles. The highest BCUT2D eigenvalue weighted by Gasteiger charge is 2.12. The molecule has 0 aliphatic carbocycles. The van der Waals surface area contributed by atoms with E-state index in [0.29, 0.717) is 28.0 Å². The highest BCUT2D eigenvalue weighted by molar-refractivity contribution is 6.30. The molecule has 2 N–H and O–H groups in total. The second-order valence-corrected chi connectivity index (χ2v) is 5.87. The summed E-state index contributed by atoms with van der Waals surface area (Å²) in [6.07, 6.45) is 0. The molecule has 6 nitrogen and oxygen atoms in total. The van der Waals surface area contributed by atoms with Crippen LogP contribution in [0.4, 0.5) is 0 Å². The van der Waals surface area contributed by atoms with E-state index in [1.807, 2.05) is 18.2 Å². The van der Waals surface area contributed by atoms with E-state index >= 15 is 0 Å². The predicted molar refractivity (Wildman–Crippen MR) is 97.4 cm³/mol. The Morgan fingerprint density at radius 3 is 2.42 bits per heavy atom. The Balaban J connectivity index is 1.75. The number of benzene rings is 2. The lowest BCUT2D eigenvalue weighted by atomic mass is 10.1. The van der Waals surface area contributed by atoms with Crippen molar-refractivity contribution in [2.75, 3.05) is 7.11 Å². The Labute approximate surface area is 154 Å². The monoisotopic (exact) mass is 370 g/mol. The number of fused-ring (bicyclic) bond motifs is 1. The lowest BCUT2D eigenvalue weighted by Crippen LogP contribution is -2.11. The molecule has 3 rings (SSSR count). The zero-order chi connectivity index (χ0) is 18.7. The first-order valence-electron chi connectivity index (χ1n) is 7.68. The molecule has 1 amide bonds. The third-order valence-electron chi connectivity index (χ3n) is 3.81. The highest BCUT2D eigenvalue weighted by atomic mass is 35.5. The van der Waals surface area contributed by atoms with Crippen LogP contribution in [0.5, 0.6) is 5.75 Å². The van der Waals surface area contributed by atoms with Gasteiger partial charge in [0.1, 0.15) is 17.5 Å². The van der Waals surface area contributed by atoms with Gasteiger partial charge in [0, 0.05) is 22.6 Å². The molecule has 2 aromatic carbocycles. The molecule has 3 aromatic rings. The summed E-state index contributed by atoms with van der Waals surface area (Å²) in [4.78, 5) is 27.5. The van der Waals surface area contributed by atoms with Crippen LogP contribution in [0.3, 0.4) is 0 Å². The van der Waals surface area contributed by atoms with Crippen LogP contribution in [0.25, 0.3) is 10.9 Å². The first-order valence-corrected chi connectivity index (χ1v) is 8.06. The van der Waals surface area contributed by atoms with Crippen LogP contribution in [0.15, 0.2) is 48.5 Å². The number of ether oxygens (including phenoxy) is 2. The molecule has 1 aromatic heterocycles. The second-order valence-electron chi connectivity index (χ2n) is 5.51. The molecule has 1 heterocycles. The summed E-state index contributed by atoms with van der Waals surface area (Å²) in [6, 6.07) is 13.2. The van der Waals surface area contributed by atoms with E-state index in [0.717, 1.165) is 5.39 Å². The van der Waals surface area contributed by atoms with Crippen molar-refractivity contribution in [3.05, 3.63) is 70.4 Å². The summed E-state index contributed by atoms with van der Waals surface area (Å²) < 4.78 is 10.4. The molecule has 0 atom stereocenters. The SMILES string of the molecule is COc1ccc2cc(COC(=O)c3ccc(C(N)=O)cc3)c(Cl)nc2c1. The first-order chi connectivity index (χ1) is 12.5. The van der Waals surface area contributed by atoms with Gasteiger partial charge in [0.2, 0.25) is 5.91 Å². The number of halogens is 1. The number of rotatable bonds is 5. The number of carbonyl (C=O) groups excluding carboxylic acids is 2. The molecule has 0 radical (unpaired) electrons. The molecule has 132 valence electrons. The number of amides is 1. The Bertz CT molecular complexity index is 987. The molecule has 0 saturated heterocycles. The molecule has 0 spiro atoms. The fourth-order valence-corrected chi connectivity index (χ4v) is 2.59. The van der Waals surface area contributed by atoms with Gasteiger partial charge in [0.25, 0.3) is 0 Å². The Morgan fingerprint density at radius 2 is 1.77 bits per heavy atom. The smallest absolute Gasteiger partial charge is 0.338 e. The van der Waals surface area contributed by atoms with Crippen molar-refractivity contribution in [3.63, 3.8) is 0 Å². The molecule has 0 unspecified atom stereocenters. The first kappa shape index (κ1) is 17.7. The zero-order valence-electron chi connectivity index (χ0n) is 13.9. The van der Waals surface area contributed by atoms with Gasteiger partial charge in [-0.2, -0.15) is 0 Å². The molecule has 7 heteroatoms. The normalized spacial score (nSPS) is 10.5. The predicted octanol–water partition coefficient (Wildman–Crippen LogP) is 3.35. The number of nitrogens with two attached hydrogens (primary N) is 1. The van der Waals surface area contributed by atoms with Crippen molar-refractivity contribution in [3.8, 4) is 5.75 Å². The molecular weight excluding hydrogens is 356 g/mol. The Morgan fingerprint density at radius 1 is 1.08 bits per heavy atom. The van der Waals surface area contributed by atoms with E-state index in [1.165, 1.54) is 24.3 Å². The Hall–Kier alpha value is -3.12. The van der Waals surface area contributed by atoms with Gasteiger partial charge < -0.3 is 15.2 Å². The topological polar surface area (TPSA) is 91.5 Å². The number of primary amides is 1. The van der Waals surface area contributed by atoms with Gasteiger partial charge in [0.05, 0.1) is 18.2 Å². The van der Waals surface area contributed by atoms with E-state index in [1.54, 1.807) is 13.2 Å². The van der Waals surface area contributed by atoms with Crippen molar-refractivity contribution in [2.45, 2.75) is 6.61 Å². The van der Waals surface area contributed by atoms with Crippen LogP contribution in [-0.4, -0.2) is 24.0 Å². The zero-order valence-corrected chi connectivity index (χ0v) is 14.6. The summed E-state index contributed by atoms with van der Waals surface area (Å²) in [6.45, 7) is -0.0236. The van der Waals surface area contributed by atoms with Gasteiger partial charge in [-0.05, 0) is 42.5 Å². The third-order valence-corrected chi connectivity index (χ3v) is 4.14. The number of nitrogens with zero attached hydrogens (tertiary/aromatic N) is 1. The maximum atomic E-state index is 12.1. The highest BCUT2D eigenvalue weighted by Crippen LogP contribution is 2.25. The van der Waals surface area contributed by atoms with Gasteiger partial charge in [-0.25, -0.2) is 9.78 Å². The maximum Gasteiger partial charge on any atom is 0.338 e. The van der Waals surface area contributed by atoms with Crippen LogP contribution in [-0.2, 0) is 11.3 Å². The summed E-state index contributed by atoms with van der Waals surface area (Å²) in [7, 11) is 1.58. The molecular formula is C19H15ClN2O4. The minimum Gasteiger partial charge on any atom is -0.497 e.